The maximum atomic E-state index is 13.6. The molecule has 1 unspecified atom stereocenters. The van der Waals surface area contributed by atoms with Crippen LogP contribution in [0.5, 0.6) is 0 Å². The predicted octanol–water partition coefficient (Wildman–Crippen LogP) is 4.74. The van der Waals surface area contributed by atoms with Crippen molar-refractivity contribution < 1.29 is 8.78 Å². The Kier molecular flexibility index (Phi) is 4.16. The predicted molar refractivity (Wildman–Crippen MR) is 77.6 cm³/mol. The second-order valence-electron chi connectivity index (χ2n) is 3.98. The van der Waals surface area contributed by atoms with Gasteiger partial charge in [-0.05, 0) is 53.8 Å². The lowest BCUT2D eigenvalue weighted by Crippen LogP contribution is -2.11. The smallest absolute Gasteiger partial charge is 0.131 e. The Morgan fingerprint density at radius 2 is 1.61 bits per heavy atom. The van der Waals surface area contributed by atoms with Gasteiger partial charge in [0.15, 0.2) is 0 Å². The Balaban J connectivity index is 2.28. The summed E-state index contributed by atoms with van der Waals surface area (Å²) in [5.41, 5.74) is 0.936. The van der Waals surface area contributed by atoms with Gasteiger partial charge in [-0.3, -0.25) is 0 Å². The van der Waals surface area contributed by atoms with Crippen LogP contribution in [0.3, 0.4) is 0 Å². The summed E-state index contributed by atoms with van der Waals surface area (Å²) in [5, 5.41) is 3.12. The lowest BCUT2D eigenvalue weighted by Gasteiger charge is -2.18. The molecule has 2 aromatic carbocycles. The molecule has 0 aromatic heterocycles. The monoisotopic (exact) mass is 359 g/mol. The fraction of sp³-hybridized carbons (Fsp3) is 0.143. The first kappa shape index (κ1) is 13.3. The summed E-state index contributed by atoms with van der Waals surface area (Å²) >= 11 is 2.18. The van der Waals surface area contributed by atoms with E-state index in [0.717, 1.165) is 9.26 Å². The van der Waals surface area contributed by atoms with Gasteiger partial charge in [-0.2, -0.15) is 0 Å². The second-order valence-corrected chi connectivity index (χ2v) is 5.14. The van der Waals surface area contributed by atoms with Gasteiger partial charge < -0.3 is 5.32 Å². The molecular formula is C14H12F2IN. The first-order valence-corrected chi connectivity index (χ1v) is 6.62. The van der Waals surface area contributed by atoms with Crippen molar-refractivity contribution in [3.05, 3.63) is 63.2 Å². The number of hydrogen-bond acceptors (Lipinski definition) is 1. The molecule has 4 heteroatoms. The molecule has 0 saturated carbocycles. The van der Waals surface area contributed by atoms with Gasteiger partial charge in [0.2, 0.25) is 0 Å². The van der Waals surface area contributed by atoms with E-state index in [1.165, 1.54) is 18.2 Å². The molecule has 2 aromatic rings. The van der Waals surface area contributed by atoms with Crippen molar-refractivity contribution in [1.29, 1.82) is 0 Å². The van der Waals surface area contributed by atoms with Crippen LogP contribution in [-0.2, 0) is 0 Å². The van der Waals surface area contributed by atoms with Crippen LogP contribution in [-0.4, -0.2) is 0 Å². The maximum absolute atomic E-state index is 13.6. The van der Waals surface area contributed by atoms with E-state index >= 15 is 0 Å². The molecule has 2 rings (SSSR count). The lowest BCUT2D eigenvalue weighted by molar-refractivity contribution is 0.544. The van der Waals surface area contributed by atoms with Gasteiger partial charge in [0.25, 0.3) is 0 Å². The van der Waals surface area contributed by atoms with E-state index in [9.17, 15) is 8.78 Å². The third-order valence-corrected chi connectivity index (χ3v) is 3.62. The normalized spacial score (nSPS) is 12.2. The summed E-state index contributed by atoms with van der Waals surface area (Å²) in [5.74, 6) is -1.05. The van der Waals surface area contributed by atoms with Gasteiger partial charge >= 0.3 is 0 Å². The zero-order chi connectivity index (χ0) is 13.1. The van der Waals surface area contributed by atoms with Crippen molar-refractivity contribution in [3.8, 4) is 0 Å². The van der Waals surface area contributed by atoms with E-state index in [-0.39, 0.29) is 5.56 Å². The quantitative estimate of drug-likeness (QED) is 0.781. The zero-order valence-corrected chi connectivity index (χ0v) is 11.9. The maximum Gasteiger partial charge on any atom is 0.131 e. The van der Waals surface area contributed by atoms with Gasteiger partial charge in [-0.15, -0.1) is 0 Å². The molecular weight excluding hydrogens is 347 g/mol. The summed E-state index contributed by atoms with van der Waals surface area (Å²) in [6.07, 6.45) is 0. The summed E-state index contributed by atoms with van der Waals surface area (Å²) < 4.78 is 28.3. The number of halogens is 3. The first-order chi connectivity index (χ1) is 8.59. The van der Waals surface area contributed by atoms with E-state index < -0.39 is 17.7 Å². The van der Waals surface area contributed by atoms with Crippen molar-refractivity contribution in [2.24, 2.45) is 0 Å². The molecule has 0 amide bonds. The molecule has 1 N–H and O–H groups in total. The van der Waals surface area contributed by atoms with Crippen LogP contribution in [0.1, 0.15) is 18.5 Å². The summed E-state index contributed by atoms with van der Waals surface area (Å²) in [7, 11) is 0. The molecule has 0 aliphatic rings. The average molecular weight is 359 g/mol. The highest BCUT2D eigenvalue weighted by Crippen LogP contribution is 2.26. The van der Waals surface area contributed by atoms with Crippen molar-refractivity contribution in [2.75, 3.05) is 5.32 Å². The number of para-hydroxylation sites is 1. The highest BCUT2D eigenvalue weighted by atomic mass is 127. The Hall–Kier alpha value is -1.17. The summed E-state index contributed by atoms with van der Waals surface area (Å²) in [6.45, 7) is 1.74. The van der Waals surface area contributed by atoms with Crippen LogP contribution in [0.4, 0.5) is 14.5 Å². The fourth-order valence-corrected chi connectivity index (χ4v) is 2.35. The van der Waals surface area contributed by atoms with Crippen molar-refractivity contribution in [3.63, 3.8) is 0 Å². The molecule has 0 radical (unpaired) electrons. The number of nitrogens with one attached hydrogen (secondary N) is 1. The van der Waals surface area contributed by atoms with Crippen molar-refractivity contribution in [1.82, 2.24) is 0 Å². The molecule has 0 aliphatic carbocycles. The molecule has 0 saturated heterocycles. The van der Waals surface area contributed by atoms with Gasteiger partial charge in [-0.1, -0.05) is 18.2 Å². The van der Waals surface area contributed by atoms with Crippen LogP contribution >= 0.6 is 22.6 Å². The van der Waals surface area contributed by atoms with E-state index in [1.54, 1.807) is 6.92 Å². The Morgan fingerprint density at radius 1 is 1.00 bits per heavy atom. The van der Waals surface area contributed by atoms with Crippen LogP contribution in [0.15, 0.2) is 42.5 Å². The zero-order valence-electron chi connectivity index (χ0n) is 9.75. The Labute approximate surface area is 118 Å². The van der Waals surface area contributed by atoms with Crippen LogP contribution in [0.2, 0.25) is 0 Å². The standard InChI is InChI=1S/C14H12F2IN/c1-9(14-10(15)5-4-6-11(14)16)18-13-8-3-2-7-12(13)17/h2-9,18H,1H3. The van der Waals surface area contributed by atoms with Crippen molar-refractivity contribution in [2.45, 2.75) is 13.0 Å². The van der Waals surface area contributed by atoms with E-state index in [4.69, 9.17) is 0 Å². The SMILES string of the molecule is CC(Nc1ccccc1I)c1c(F)cccc1F. The minimum Gasteiger partial charge on any atom is -0.377 e. The highest BCUT2D eigenvalue weighted by Gasteiger charge is 2.16. The molecule has 1 atom stereocenters. The number of hydrogen-bond donors (Lipinski definition) is 1. The number of benzene rings is 2. The molecule has 0 aliphatic heterocycles. The van der Waals surface area contributed by atoms with Gasteiger partial charge in [0, 0.05) is 14.8 Å². The Bertz CT molecular complexity index is 537. The van der Waals surface area contributed by atoms with Gasteiger partial charge in [0.1, 0.15) is 11.6 Å². The topological polar surface area (TPSA) is 12.0 Å². The van der Waals surface area contributed by atoms with E-state index in [2.05, 4.69) is 27.9 Å². The fourth-order valence-electron chi connectivity index (χ4n) is 1.81. The molecule has 0 bridgehead atoms. The number of rotatable bonds is 3. The van der Waals surface area contributed by atoms with Crippen LogP contribution in [0.25, 0.3) is 0 Å². The lowest BCUT2D eigenvalue weighted by atomic mass is 10.1. The van der Waals surface area contributed by atoms with Gasteiger partial charge in [-0.25, -0.2) is 8.78 Å². The molecule has 0 spiro atoms. The molecule has 0 fully saturated rings. The first-order valence-electron chi connectivity index (χ1n) is 5.54. The number of anilines is 1. The largest absolute Gasteiger partial charge is 0.377 e. The minimum atomic E-state index is -0.527. The summed E-state index contributed by atoms with van der Waals surface area (Å²) in [6, 6.07) is 11.1. The van der Waals surface area contributed by atoms with E-state index in [1.807, 2.05) is 24.3 Å². The highest BCUT2D eigenvalue weighted by molar-refractivity contribution is 14.1. The Morgan fingerprint density at radius 3 is 2.22 bits per heavy atom. The minimum absolute atomic E-state index is 0.0668. The van der Waals surface area contributed by atoms with Crippen molar-refractivity contribution >= 4 is 28.3 Å². The van der Waals surface area contributed by atoms with Crippen LogP contribution < -0.4 is 5.32 Å². The van der Waals surface area contributed by atoms with E-state index in [0.29, 0.717) is 0 Å². The average Bonchev–Trinajstić information content (AvgIpc) is 2.32. The summed E-state index contributed by atoms with van der Waals surface area (Å²) in [4.78, 5) is 0. The van der Waals surface area contributed by atoms with Gasteiger partial charge in [0.05, 0.1) is 6.04 Å². The molecule has 1 nitrogen and oxygen atoms in total. The van der Waals surface area contributed by atoms with Crippen LogP contribution in [0, 0.1) is 15.2 Å². The molecule has 18 heavy (non-hydrogen) atoms. The third kappa shape index (κ3) is 2.80. The second kappa shape index (κ2) is 5.65. The molecule has 0 heterocycles. The third-order valence-electron chi connectivity index (χ3n) is 2.68. The molecule has 94 valence electrons.